The molecule has 1 aromatic heterocycles. The Balaban J connectivity index is 2.25. The van der Waals surface area contributed by atoms with Crippen molar-refractivity contribution in [3.05, 3.63) is 56.7 Å². The average molecular weight is 346 g/mol. The van der Waals surface area contributed by atoms with Gasteiger partial charge in [-0.3, -0.25) is 4.79 Å². The molecule has 0 radical (unpaired) electrons. The topological polar surface area (TPSA) is 42.0 Å². The van der Waals surface area contributed by atoms with Gasteiger partial charge < -0.3 is 5.32 Å². The van der Waals surface area contributed by atoms with E-state index in [4.69, 9.17) is 23.2 Å². The Kier molecular flexibility index (Phi) is 4.22. The van der Waals surface area contributed by atoms with Crippen LogP contribution in [0, 0.1) is 0 Å². The quantitative estimate of drug-likeness (QED) is 0.819. The number of hydrogen-bond acceptors (Lipinski definition) is 2. The van der Waals surface area contributed by atoms with Crippen LogP contribution in [0.5, 0.6) is 0 Å². The Labute approximate surface area is 122 Å². The van der Waals surface area contributed by atoms with Crippen LogP contribution in [0.25, 0.3) is 0 Å². The molecule has 1 heterocycles. The largest absolute Gasteiger partial charge is 0.320 e. The van der Waals surface area contributed by atoms with Gasteiger partial charge in [0.25, 0.3) is 5.91 Å². The molecule has 18 heavy (non-hydrogen) atoms. The molecule has 3 nitrogen and oxygen atoms in total. The molecule has 6 heteroatoms. The molecule has 2 aromatic rings. The summed E-state index contributed by atoms with van der Waals surface area (Å²) in [7, 11) is 0. The number of anilines is 1. The van der Waals surface area contributed by atoms with Crippen molar-refractivity contribution in [2.75, 3.05) is 5.32 Å². The molecule has 0 aliphatic heterocycles. The maximum Gasteiger partial charge on any atom is 0.258 e. The van der Waals surface area contributed by atoms with Crippen molar-refractivity contribution < 1.29 is 4.79 Å². The van der Waals surface area contributed by atoms with Gasteiger partial charge in [-0.25, -0.2) is 4.98 Å². The summed E-state index contributed by atoms with van der Waals surface area (Å²) >= 11 is 15.1. The van der Waals surface area contributed by atoms with Crippen LogP contribution in [0.1, 0.15) is 10.4 Å². The highest BCUT2D eigenvalue weighted by molar-refractivity contribution is 9.10. The number of nitrogens with one attached hydrogen (secondary N) is 1. The number of aromatic nitrogens is 1. The summed E-state index contributed by atoms with van der Waals surface area (Å²) in [6.45, 7) is 0. The molecule has 0 unspecified atom stereocenters. The molecule has 0 saturated carbocycles. The van der Waals surface area contributed by atoms with Crippen LogP contribution in [0.4, 0.5) is 5.69 Å². The first-order chi connectivity index (χ1) is 8.58. The summed E-state index contributed by atoms with van der Waals surface area (Å²) in [5, 5.41) is 3.30. The predicted octanol–water partition coefficient (Wildman–Crippen LogP) is 4.40. The van der Waals surface area contributed by atoms with Gasteiger partial charge in [-0.05, 0) is 40.2 Å². The molecule has 0 bridgehead atoms. The van der Waals surface area contributed by atoms with Crippen LogP contribution >= 0.6 is 39.1 Å². The van der Waals surface area contributed by atoms with Crippen molar-refractivity contribution in [2.45, 2.75) is 0 Å². The van der Waals surface area contributed by atoms with Crippen molar-refractivity contribution in [1.82, 2.24) is 4.98 Å². The molecule has 1 N–H and O–H groups in total. The van der Waals surface area contributed by atoms with Crippen molar-refractivity contribution in [2.24, 2.45) is 0 Å². The van der Waals surface area contributed by atoms with Gasteiger partial charge >= 0.3 is 0 Å². The lowest BCUT2D eigenvalue weighted by atomic mass is 10.2. The number of pyridine rings is 1. The van der Waals surface area contributed by atoms with Gasteiger partial charge in [0.1, 0.15) is 4.60 Å². The zero-order chi connectivity index (χ0) is 13.1. The van der Waals surface area contributed by atoms with Crippen LogP contribution < -0.4 is 5.32 Å². The summed E-state index contributed by atoms with van der Waals surface area (Å²) in [5.41, 5.74) is 0.822. The number of halogens is 3. The Bertz CT molecular complexity index is 567. The van der Waals surface area contributed by atoms with Crippen LogP contribution in [-0.2, 0) is 0 Å². The standard InChI is InChI=1S/C12H7BrCl2N2O/c13-10-5-4-7(6-16-10)17-12(18)11-8(14)2-1-3-9(11)15/h1-6H,(H,17,18). The smallest absolute Gasteiger partial charge is 0.258 e. The third kappa shape index (κ3) is 3.02. The summed E-state index contributed by atoms with van der Waals surface area (Å²) in [4.78, 5) is 16.0. The van der Waals surface area contributed by atoms with Crippen molar-refractivity contribution >= 4 is 50.7 Å². The first-order valence-electron chi connectivity index (χ1n) is 4.95. The van der Waals surface area contributed by atoms with E-state index in [-0.39, 0.29) is 11.5 Å². The van der Waals surface area contributed by atoms with Crippen LogP contribution in [0.2, 0.25) is 10.0 Å². The molecular weight excluding hydrogens is 339 g/mol. The number of rotatable bonds is 2. The molecule has 0 atom stereocenters. The minimum atomic E-state index is -0.366. The Morgan fingerprint density at radius 1 is 1.17 bits per heavy atom. The summed E-state index contributed by atoms with van der Waals surface area (Å²) < 4.78 is 0.691. The molecule has 2 rings (SSSR count). The van der Waals surface area contributed by atoms with Gasteiger partial charge in [0.05, 0.1) is 27.5 Å². The van der Waals surface area contributed by atoms with E-state index >= 15 is 0 Å². The summed E-state index contributed by atoms with van der Waals surface area (Å²) in [6, 6.07) is 8.36. The van der Waals surface area contributed by atoms with E-state index in [9.17, 15) is 4.79 Å². The fraction of sp³-hybridized carbons (Fsp3) is 0. The maximum atomic E-state index is 12.0. The zero-order valence-corrected chi connectivity index (χ0v) is 12.1. The van der Waals surface area contributed by atoms with Gasteiger partial charge in [0.15, 0.2) is 0 Å². The monoisotopic (exact) mass is 344 g/mol. The number of hydrogen-bond donors (Lipinski definition) is 1. The number of carbonyl (C=O) groups excluding carboxylic acids is 1. The molecular formula is C12H7BrCl2N2O. The van der Waals surface area contributed by atoms with Gasteiger partial charge in [0, 0.05) is 0 Å². The van der Waals surface area contributed by atoms with Crippen LogP contribution in [-0.4, -0.2) is 10.9 Å². The van der Waals surface area contributed by atoms with E-state index in [0.717, 1.165) is 0 Å². The second-order valence-corrected chi connectivity index (χ2v) is 5.05. The highest BCUT2D eigenvalue weighted by atomic mass is 79.9. The van der Waals surface area contributed by atoms with Gasteiger partial charge in [-0.1, -0.05) is 29.3 Å². The second-order valence-electron chi connectivity index (χ2n) is 3.42. The predicted molar refractivity (Wildman–Crippen MR) is 76.4 cm³/mol. The minimum absolute atomic E-state index is 0.253. The maximum absolute atomic E-state index is 12.0. The number of benzene rings is 1. The second kappa shape index (κ2) is 5.69. The van der Waals surface area contributed by atoms with Crippen molar-refractivity contribution in [1.29, 1.82) is 0 Å². The third-order valence-electron chi connectivity index (χ3n) is 2.18. The van der Waals surface area contributed by atoms with Gasteiger partial charge in [-0.15, -0.1) is 0 Å². The number of amides is 1. The fourth-order valence-corrected chi connectivity index (χ4v) is 2.16. The Morgan fingerprint density at radius 2 is 1.83 bits per heavy atom. The molecule has 0 spiro atoms. The molecule has 0 fully saturated rings. The highest BCUT2D eigenvalue weighted by Crippen LogP contribution is 2.25. The summed E-state index contributed by atoms with van der Waals surface area (Å²) in [5.74, 6) is -0.366. The van der Waals surface area contributed by atoms with Gasteiger partial charge in [-0.2, -0.15) is 0 Å². The molecule has 92 valence electrons. The van der Waals surface area contributed by atoms with E-state index < -0.39 is 0 Å². The van der Waals surface area contributed by atoms with Crippen LogP contribution in [0.15, 0.2) is 41.1 Å². The minimum Gasteiger partial charge on any atom is -0.320 e. The lowest BCUT2D eigenvalue weighted by Crippen LogP contribution is -2.13. The van der Waals surface area contributed by atoms with E-state index in [1.54, 1.807) is 30.3 Å². The molecule has 1 amide bonds. The lowest BCUT2D eigenvalue weighted by Gasteiger charge is -2.08. The number of nitrogens with zero attached hydrogens (tertiary/aromatic N) is 1. The van der Waals surface area contributed by atoms with Gasteiger partial charge in [0.2, 0.25) is 0 Å². The van der Waals surface area contributed by atoms with Crippen LogP contribution in [0.3, 0.4) is 0 Å². The van der Waals surface area contributed by atoms with E-state index in [1.165, 1.54) is 6.20 Å². The third-order valence-corrected chi connectivity index (χ3v) is 3.27. The number of carbonyl (C=O) groups is 1. The molecule has 0 aliphatic rings. The first-order valence-corrected chi connectivity index (χ1v) is 6.50. The lowest BCUT2D eigenvalue weighted by molar-refractivity contribution is 0.102. The highest BCUT2D eigenvalue weighted by Gasteiger charge is 2.14. The van der Waals surface area contributed by atoms with E-state index in [0.29, 0.717) is 20.3 Å². The zero-order valence-electron chi connectivity index (χ0n) is 8.95. The van der Waals surface area contributed by atoms with E-state index in [2.05, 4.69) is 26.2 Å². The van der Waals surface area contributed by atoms with Crippen molar-refractivity contribution in [3.8, 4) is 0 Å². The average Bonchev–Trinajstić information content (AvgIpc) is 2.32. The molecule has 0 aliphatic carbocycles. The van der Waals surface area contributed by atoms with E-state index in [1.807, 2.05) is 0 Å². The molecule has 1 aromatic carbocycles. The first kappa shape index (κ1) is 13.3. The fourth-order valence-electron chi connectivity index (χ4n) is 1.36. The Morgan fingerprint density at radius 3 is 2.39 bits per heavy atom. The SMILES string of the molecule is O=C(Nc1ccc(Br)nc1)c1c(Cl)cccc1Cl. The van der Waals surface area contributed by atoms with Crippen molar-refractivity contribution in [3.63, 3.8) is 0 Å². The normalized spacial score (nSPS) is 10.2. The Hall–Kier alpha value is -1.10. The summed E-state index contributed by atoms with van der Waals surface area (Å²) in [6.07, 6.45) is 1.53. The molecule has 0 saturated heterocycles.